The van der Waals surface area contributed by atoms with Gasteiger partial charge in [-0.25, -0.2) is 8.42 Å². The number of hydrogen-bond acceptors (Lipinski definition) is 5. The van der Waals surface area contributed by atoms with Crippen molar-refractivity contribution >= 4 is 50.7 Å². The predicted octanol–water partition coefficient (Wildman–Crippen LogP) is 5.92. The first-order chi connectivity index (χ1) is 19.5. The number of carbonyl (C=O) groups is 2. The summed E-state index contributed by atoms with van der Waals surface area (Å²) in [5.41, 5.74) is 0.839. The van der Waals surface area contributed by atoms with Crippen molar-refractivity contribution in [2.75, 3.05) is 18.0 Å². The maximum atomic E-state index is 14.1. The Morgan fingerprint density at radius 2 is 1.61 bits per heavy atom. The molecule has 41 heavy (non-hydrogen) atoms. The number of nitrogens with one attached hydrogen (secondary N) is 1. The minimum Gasteiger partial charge on any atom is -0.497 e. The zero-order chi connectivity index (χ0) is 30.2. The molecule has 11 heteroatoms. The number of benzene rings is 3. The summed E-state index contributed by atoms with van der Waals surface area (Å²) >= 11 is 12.5. The first-order valence-corrected chi connectivity index (χ1v) is 15.5. The molecule has 8 nitrogen and oxygen atoms in total. The third-order valence-electron chi connectivity index (χ3n) is 6.71. The molecule has 1 N–H and O–H groups in total. The molecule has 0 aliphatic rings. The summed E-state index contributed by atoms with van der Waals surface area (Å²) in [7, 11) is -2.66. The minimum atomic E-state index is -4.16. The van der Waals surface area contributed by atoms with E-state index in [1.165, 1.54) is 24.1 Å². The predicted molar refractivity (Wildman–Crippen MR) is 163 cm³/mol. The van der Waals surface area contributed by atoms with Crippen molar-refractivity contribution in [2.24, 2.45) is 0 Å². The molecule has 0 radical (unpaired) electrons. The number of rotatable bonds is 13. The molecule has 2 unspecified atom stereocenters. The largest absolute Gasteiger partial charge is 0.497 e. The fourth-order valence-corrected chi connectivity index (χ4v) is 6.09. The van der Waals surface area contributed by atoms with Gasteiger partial charge in [0.2, 0.25) is 11.8 Å². The molecule has 0 aliphatic carbocycles. The molecule has 0 aliphatic heterocycles. The highest BCUT2D eigenvalue weighted by atomic mass is 35.5. The quantitative estimate of drug-likeness (QED) is 0.256. The van der Waals surface area contributed by atoms with Gasteiger partial charge in [0, 0.05) is 22.6 Å². The van der Waals surface area contributed by atoms with Crippen molar-refractivity contribution in [3.05, 3.63) is 88.4 Å². The van der Waals surface area contributed by atoms with Crippen molar-refractivity contribution < 1.29 is 22.7 Å². The molecule has 2 amide bonds. The molecule has 3 aromatic rings. The van der Waals surface area contributed by atoms with E-state index in [1.807, 2.05) is 13.8 Å². The van der Waals surface area contributed by atoms with E-state index in [0.717, 1.165) is 4.31 Å². The van der Waals surface area contributed by atoms with E-state index in [-0.39, 0.29) is 29.1 Å². The standard InChI is InChI=1S/C30H35Cl2N3O5S/c1-5-21(3)33-30(37)28(6-2)34(19-22-12-13-23(31)18-27(22)32)29(36)20-35(24-14-16-25(40-4)17-15-24)41(38,39)26-10-8-7-9-11-26/h7-18,21,28H,5-6,19-20H2,1-4H3,(H,33,37). The lowest BCUT2D eigenvalue weighted by Crippen LogP contribution is -2.53. The third kappa shape index (κ3) is 8.15. The number of hydrogen-bond donors (Lipinski definition) is 1. The molecule has 0 saturated heterocycles. The first-order valence-electron chi connectivity index (χ1n) is 13.3. The smallest absolute Gasteiger partial charge is 0.264 e. The second-order valence-corrected chi connectivity index (χ2v) is 12.2. The molecular weight excluding hydrogens is 585 g/mol. The Morgan fingerprint density at radius 1 is 0.951 bits per heavy atom. The van der Waals surface area contributed by atoms with Gasteiger partial charge in [-0.1, -0.05) is 61.3 Å². The molecule has 0 saturated carbocycles. The zero-order valence-corrected chi connectivity index (χ0v) is 25.8. The fourth-order valence-electron chi connectivity index (χ4n) is 4.19. The van der Waals surface area contributed by atoms with E-state index in [4.69, 9.17) is 27.9 Å². The van der Waals surface area contributed by atoms with E-state index in [0.29, 0.717) is 34.2 Å². The molecule has 2 atom stereocenters. The summed E-state index contributed by atoms with van der Waals surface area (Å²) in [4.78, 5) is 28.9. The molecule has 0 aromatic heterocycles. The van der Waals surface area contributed by atoms with E-state index in [1.54, 1.807) is 67.6 Å². The number of halogens is 2. The lowest BCUT2D eigenvalue weighted by Gasteiger charge is -2.34. The van der Waals surface area contributed by atoms with Crippen LogP contribution >= 0.6 is 23.2 Å². The summed E-state index contributed by atoms with van der Waals surface area (Å²) in [6, 6.07) is 18.2. The Bertz CT molecular complexity index is 1440. The van der Waals surface area contributed by atoms with Crippen molar-refractivity contribution in [1.82, 2.24) is 10.2 Å². The van der Waals surface area contributed by atoms with E-state index >= 15 is 0 Å². The van der Waals surface area contributed by atoms with Gasteiger partial charge in [0.25, 0.3) is 10.0 Å². The SMILES string of the molecule is CCC(C)NC(=O)C(CC)N(Cc1ccc(Cl)cc1Cl)C(=O)CN(c1ccc(OC)cc1)S(=O)(=O)c1ccccc1. The number of ether oxygens (including phenoxy) is 1. The maximum Gasteiger partial charge on any atom is 0.264 e. The Morgan fingerprint density at radius 3 is 2.17 bits per heavy atom. The Labute approximate surface area is 252 Å². The van der Waals surface area contributed by atoms with Crippen LogP contribution in [0.25, 0.3) is 0 Å². The van der Waals surface area contributed by atoms with Gasteiger partial charge >= 0.3 is 0 Å². The second kappa shape index (κ2) is 14.6. The fraction of sp³-hybridized carbons (Fsp3) is 0.333. The Balaban J connectivity index is 2.07. The van der Waals surface area contributed by atoms with Crippen molar-refractivity contribution in [2.45, 2.75) is 57.1 Å². The number of nitrogens with zero attached hydrogens (tertiary/aromatic N) is 2. The van der Waals surface area contributed by atoms with Crippen molar-refractivity contribution in [3.63, 3.8) is 0 Å². The third-order valence-corrected chi connectivity index (χ3v) is 9.09. The van der Waals surface area contributed by atoms with Crippen LogP contribution < -0.4 is 14.4 Å². The molecule has 0 heterocycles. The molecule has 0 spiro atoms. The Kier molecular flexibility index (Phi) is 11.5. The van der Waals surface area contributed by atoms with Gasteiger partial charge in [0.05, 0.1) is 17.7 Å². The van der Waals surface area contributed by atoms with Gasteiger partial charge < -0.3 is 15.0 Å². The van der Waals surface area contributed by atoms with Gasteiger partial charge in [0.1, 0.15) is 18.3 Å². The Hall–Kier alpha value is -3.27. The molecule has 0 bridgehead atoms. The first kappa shape index (κ1) is 32.2. The number of carbonyl (C=O) groups excluding carboxylic acids is 2. The number of anilines is 1. The molecule has 3 aromatic carbocycles. The van der Waals surface area contributed by atoms with Gasteiger partial charge in [0.15, 0.2) is 0 Å². The lowest BCUT2D eigenvalue weighted by molar-refractivity contribution is -0.140. The summed E-state index contributed by atoms with van der Waals surface area (Å²) in [5, 5.41) is 3.71. The average Bonchev–Trinajstić information content (AvgIpc) is 2.97. The van der Waals surface area contributed by atoms with Crippen LogP contribution in [0.3, 0.4) is 0 Å². The van der Waals surface area contributed by atoms with Gasteiger partial charge in [-0.05, 0) is 73.9 Å². The van der Waals surface area contributed by atoms with E-state index in [9.17, 15) is 18.0 Å². The zero-order valence-electron chi connectivity index (χ0n) is 23.5. The number of sulfonamides is 1. The minimum absolute atomic E-state index is 0.0247. The highest BCUT2D eigenvalue weighted by Gasteiger charge is 2.34. The summed E-state index contributed by atoms with van der Waals surface area (Å²) < 4.78 is 34.0. The molecule has 0 fully saturated rings. The average molecular weight is 621 g/mol. The van der Waals surface area contributed by atoms with Gasteiger partial charge in [-0.2, -0.15) is 0 Å². The van der Waals surface area contributed by atoms with Crippen LogP contribution in [0.15, 0.2) is 77.7 Å². The normalized spacial score (nSPS) is 12.7. The highest BCUT2D eigenvalue weighted by Crippen LogP contribution is 2.28. The number of amides is 2. The molecule has 220 valence electrons. The monoisotopic (exact) mass is 619 g/mol. The van der Waals surface area contributed by atoms with Crippen LogP contribution in [0.5, 0.6) is 5.75 Å². The maximum absolute atomic E-state index is 14.1. The second-order valence-electron chi connectivity index (χ2n) is 9.52. The topological polar surface area (TPSA) is 96.0 Å². The van der Waals surface area contributed by atoms with Crippen molar-refractivity contribution in [1.29, 1.82) is 0 Å². The number of methoxy groups -OCH3 is 1. The van der Waals surface area contributed by atoms with Crippen LogP contribution in [0.2, 0.25) is 10.0 Å². The van der Waals surface area contributed by atoms with Crippen LogP contribution in [0, 0.1) is 0 Å². The lowest BCUT2D eigenvalue weighted by atomic mass is 10.1. The van der Waals surface area contributed by atoms with Crippen molar-refractivity contribution in [3.8, 4) is 5.75 Å². The summed E-state index contributed by atoms with van der Waals surface area (Å²) in [6.07, 6.45) is 1.01. The van der Waals surface area contributed by atoms with Crippen LogP contribution in [-0.4, -0.2) is 50.9 Å². The van der Waals surface area contributed by atoms with Gasteiger partial charge in [-0.15, -0.1) is 0 Å². The molecule has 3 rings (SSSR count). The summed E-state index contributed by atoms with van der Waals surface area (Å²) in [6.45, 7) is 5.05. The van der Waals surface area contributed by atoms with E-state index < -0.39 is 28.5 Å². The van der Waals surface area contributed by atoms with Crippen LogP contribution in [0.1, 0.15) is 39.2 Å². The summed E-state index contributed by atoms with van der Waals surface area (Å²) in [5.74, 6) is -0.372. The van der Waals surface area contributed by atoms with Gasteiger partial charge in [-0.3, -0.25) is 13.9 Å². The highest BCUT2D eigenvalue weighted by molar-refractivity contribution is 7.92. The van der Waals surface area contributed by atoms with E-state index in [2.05, 4.69) is 5.32 Å². The molecular formula is C30H35Cl2N3O5S. The van der Waals surface area contributed by atoms with Crippen LogP contribution in [-0.2, 0) is 26.2 Å². The van der Waals surface area contributed by atoms with Crippen LogP contribution in [0.4, 0.5) is 5.69 Å².